The molecule has 0 bridgehead atoms. The topological polar surface area (TPSA) is 153 Å². The second kappa shape index (κ2) is 19.9. The number of Topliss-reactive ketones (excluding diaryl/α,β-unsaturated/α-hetero) is 2. The van der Waals surface area contributed by atoms with Crippen molar-refractivity contribution in [3.8, 4) is 22.5 Å². The van der Waals surface area contributed by atoms with E-state index in [4.69, 9.17) is 4.74 Å². The number of amides is 1. The highest BCUT2D eigenvalue weighted by Crippen LogP contribution is 2.30. The van der Waals surface area contributed by atoms with E-state index < -0.39 is 59.9 Å². The summed E-state index contributed by atoms with van der Waals surface area (Å²) in [5.41, 5.74) is -0.135. The standard InChI is InChI=1S/C22H24F4N4O3.C17H16F4N4O.ClH/c1-21(2,3)33-20(32)30-11-14(23)8-17(30)18(31)6-5-15-9-16(29-12-28-15)13-4-7-19(27-10-13)22(24,25)26;18-11-5-14(22-8-11)15(26)3-2-12-6-13(25-9-24-12)10-1-4-16(23-7-10)17(19,20)21;/h4,7,9-10,12,14,17H,5-6,8,11H2,1-3H3;1,4,6-7,9,11,14,22H,2-3,5,8H2;1H/t14-,17+;11-,14+;/m11./s1. The summed E-state index contributed by atoms with van der Waals surface area (Å²) < 4.78 is 108. The van der Waals surface area contributed by atoms with Gasteiger partial charge >= 0.3 is 18.4 Å². The minimum absolute atomic E-state index is 0. The van der Waals surface area contributed by atoms with Gasteiger partial charge in [-0.25, -0.2) is 33.5 Å². The summed E-state index contributed by atoms with van der Waals surface area (Å²) >= 11 is 0. The Labute approximate surface area is 345 Å². The van der Waals surface area contributed by atoms with Crippen LogP contribution in [0, 0.1) is 0 Å². The fourth-order valence-corrected chi connectivity index (χ4v) is 6.20. The van der Waals surface area contributed by atoms with Gasteiger partial charge in [0.05, 0.1) is 30.0 Å². The quantitative estimate of drug-likeness (QED) is 0.157. The molecule has 21 heteroatoms. The molecule has 6 rings (SSSR count). The molecule has 2 fully saturated rings. The third-order valence-electron chi connectivity index (χ3n) is 9.12. The Morgan fingerprint density at radius 2 is 1.22 bits per heavy atom. The molecule has 0 unspecified atom stereocenters. The average Bonchev–Trinajstić information content (AvgIpc) is 3.81. The molecule has 6 heterocycles. The Kier molecular flexibility index (Phi) is 15.7. The molecule has 0 spiro atoms. The number of nitrogens with zero attached hydrogens (tertiary/aromatic N) is 7. The number of alkyl halides is 8. The first-order chi connectivity index (χ1) is 27.7. The fourth-order valence-electron chi connectivity index (χ4n) is 6.20. The zero-order valence-electron chi connectivity index (χ0n) is 32.4. The van der Waals surface area contributed by atoms with Crippen LogP contribution in [0.5, 0.6) is 0 Å². The SMILES string of the molecule is CC(C)(C)OC(=O)N1C[C@H](F)C[C@H]1C(=O)CCc1cc(-c2ccc(C(F)(F)F)nc2)ncn1.Cl.O=C(CCc1cc(-c2ccc(C(F)(F)F)nc2)ncn1)[C@@H]1C[C@@H](F)CN1. The lowest BCUT2D eigenvalue weighted by molar-refractivity contribution is -0.141. The molecule has 2 aliphatic heterocycles. The van der Waals surface area contributed by atoms with E-state index >= 15 is 0 Å². The number of carbonyl (C=O) groups excluding carboxylic acids is 3. The first kappa shape index (κ1) is 47.4. The van der Waals surface area contributed by atoms with Crippen LogP contribution in [-0.2, 0) is 39.5 Å². The molecule has 0 saturated carbocycles. The van der Waals surface area contributed by atoms with Crippen LogP contribution >= 0.6 is 12.4 Å². The summed E-state index contributed by atoms with van der Waals surface area (Å²) in [4.78, 5) is 61.4. The Morgan fingerprint density at radius 1 is 0.717 bits per heavy atom. The number of aromatic nitrogens is 6. The van der Waals surface area contributed by atoms with E-state index in [0.29, 0.717) is 40.3 Å². The van der Waals surface area contributed by atoms with Gasteiger partial charge in [0.25, 0.3) is 0 Å². The van der Waals surface area contributed by atoms with Gasteiger partial charge in [0.1, 0.15) is 47.8 Å². The van der Waals surface area contributed by atoms with Gasteiger partial charge in [0.2, 0.25) is 0 Å². The molecule has 0 aliphatic carbocycles. The lowest BCUT2D eigenvalue weighted by Crippen LogP contribution is -2.43. The van der Waals surface area contributed by atoms with Gasteiger partial charge in [-0.15, -0.1) is 12.4 Å². The van der Waals surface area contributed by atoms with E-state index in [1.165, 1.54) is 24.8 Å². The molecular weight excluding hydrogens is 832 g/mol. The summed E-state index contributed by atoms with van der Waals surface area (Å²) in [6, 6.07) is 6.07. The number of ether oxygens (including phenoxy) is 1. The molecule has 2 aliphatic rings. The van der Waals surface area contributed by atoms with Gasteiger partial charge < -0.3 is 10.1 Å². The van der Waals surface area contributed by atoms with Crippen molar-refractivity contribution in [1.82, 2.24) is 40.1 Å². The van der Waals surface area contributed by atoms with Crippen molar-refractivity contribution in [1.29, 1.82) is 0 Å². The van der Waals surface area contributed by atoms with Crippen LogP contribution in [0.4, 0.5) is 39.9 Å². The van der Waals surface area contributed by atoms with Gasteiger partial charge in [0, 0.05) is 67.1 Å². The predicted molar refractivity (Wildman–Crippen MR) is 202 cm³/mol. The van der Waals surface area contributed by atoms with E-state index in [1.807, 2.05) is 0 Å². The number of ketones is 2. The highest BCUT2D eigenvalue weighted by molar-refractivity contribution is 5.88. The maximum absolute atomic E-state index is 14.0. The third-order valence-corrected chi connectivity index (χ3v) is 9.12. The van der Waals surface area contributed by atoms with Crippen LogP contribution in [0.25, 0.3) is 22.5 Å². The fraction of sp³-hybridized carbons (Fsp3) is 0.462. The van der Waals surface area contributed by atoms with Gasteiger partial charge in [0.15, 0.2) is 5.78 Å². The highest BCUT2D eigenvalue weighted by Gasteiger charge is 2.41. The minimum Gasteiger partial charge on any atom is -0.444 e. The summed E-state index contributed by atoms with van der Waals surface area (Å²) in [5, 5.41) is 2.84. The number of hydrogen-bond donors (Lipinski definition) is 1. The molecule has 4 aromatic heterocycles. The number of likely N-dealkylation sites (tertiary alicyclic amines) is 1. The number of aryl methyl sites for hydroxylation is 2. The number of hydrogen-bond acceptors (Lipinski definition) is 11. The normalized spacial score (nSPS) is 19.2. The zero-order chi connectivity index (χ0) is 43.1. The minimum atomic E-state index is -4.54. The van der Waals surface area contributed by atoms with Crippen LogP contribution in [-0.4, -0.2) is 95.6 Å². The number of carbonyl (C=O) groups is 3. The third kappa shape index (κ3) is 13.4. The van der Waals surface area contributed by atoms with Gasteiger partial charge in [-0.1, -0.05) is 0 Å². The van der Waals surface area contributed by atoms with E-state index in [-0.39, 0.29) is 69.2 Å². The molecule has 0 aromatic carbocycles. The Hall–Kier alpha value is -5.24. The van der Waals surface area contributed by atoms with Gasteiger partial charge in [-0.05, 0) is 70.0 Å². The first-order valence-electron chi connectivity index (χ1n) is 18.4. The molecule has 0 radical (unpaired) electrons. The summed E-state index contributed by atoms with van der Waals surface area (Å²) in [7, 11) is 0. The van der Waals surface area contributed by atoms with Crippen molar-refractivity contribution in [3.05, 3.63) is 84.2 Å². The van der Waals surface area contributed by atoms with Crippen molar-refractivity contribution < 1.29 is 54.2 Å². The molecule has 1 amide bonds. The maximum atomic E-state index is 14.0. The van der Waals surface area contributed by atoms with Crippen molar-refractivity contribution >= 4 is 30.1 Å². The molecular formula is C39H41ClF8N8O4. The molecule has 2 saturated heterocycles. The van der Waals surface area contributed by atoms with Crippen LogP contribution in [0.2, 0.25) is 0 Å². The first-order valence-corrected chi connectivity index (χ1v) is 18.4. The van der Waals surface area contributed by atoms with Crippen LogP contribution in [0.1, 0.15) is 69.2 Å². The van der Waals surface area contributed by atoms with E-state index in [0.717, 1.165) is 29.4 Å². The number of halogens is 9. The molecule has 60 heavy (non-hydrogen) atoms. The molecule has 1 N–H and O–H groups in total. The number of pyridine rings is 2. The van der Waals surface area contributed by atoms with Crippen molar-refractivity contribution in [3.63, 3.8) is 0 Å². The summed E-state index contributed by atoms with van der Waals surface area (Å²) in [6.07, 6.45) is -6.56. The molecule has 324 valence electrons. The van der Waals surface area contributed by atoms with Crippen LogP contribution < -0.4 is 5.32 Å². The monoisotopic (exact) mass is 872 g/mol. The predicted octanol–water partition coefficient (Wildman–Crippen LogP) is 7.59. The molecule has 4 atom stereocenters. The van der Waals surface area contributed by atoms with Gasteiger partial charge in [-0.2, -0.15) is 26.3 Å². The molecule has 4 aromatic rings. The Balaban J connectivity index is 0.000000267. The lowest BCUT2D eigenvalue weighted by atomic mass is 10.0. The largest absolute Gasteiger partial charge is 0.444 e. The number of nitrogens with one attached hydrogen (secondary N) is 1. The smallest absolute Gasteiger partial charge is 0.433 e. The lowest BCUT2D eigenvalue weighted by Gasteiger charge is -2.27. The van der Waals surface area contributed by atoms with E-state index in [2.05, 4.69) is 35.2 Å². The second-order valence-corrected chi connectivity index (χ2v) is 14.9. The maximum Gasteiger partial charge on any atom is 0.433 e. The Morgan fingerprint density at radius 3 is 1.63 bits per heavy atom. The second-order valence-electron chi connectivity index (χ2n) is 14.9. The van der Waals surface area contributed by atoms with Crippen molar-refractivity contribution in [2.45, 2.75) is 102 Å². The van der Waals surface area contributed by atoms with E-state index in [9.17, 15) is 49.5 Å². The Bertz CT molecular complexity index is 2090. The van der Waals surface area contributed by atoms with Crippen molar-refractivity contribution in [2.75, 3.05) is 13.1 Å². The van der Waals surface area contributed by atoms with Crippen LogP contribution in [0.15, 0.2) is 61.4 Å². The van der Waals surface area contributed by atoms with Gasteiger partial charge in [-0.3, -0.25) is 24.5 Å². The highest BCUT2D eigenvalue weighted by atomic mass is 35.5. The average molecular weight is 873 g/mol. The van der Waals surface area contributed by atoms with E-state index in [1.54, 1.807) is 32.9 Å². The number of rotatable bonds is 10. The zero-order valence-corrected chi connectivity index (χ0v) is 33.3. The van der Waals surface area contributed by atoms with Crippen molar-refractivity contribution in [2.24, 2.45) is 0 Å². The molecule has 12 nitrogen and oxygen atoms in total. The summed E-state index contributed by atoms with van der Waals surface area (Å²) in [6.45, 7) is 5.04. The summed E-state index contributed by atoms with van der Waals surface area (Å²) in [5.74, 6) is -0.404. The van der Waals surface area contributed by atoms with Crippen LogP contribution in [0.3, 0.4) is 0 Å².